The van der Waals surface area contributed by atoms with E-state index in [1.54, 1.807) is 11.1 Å². The van der Waals surface area contributed by atoms with Gasteiger partial charge in [-0.1, -0.05) is 0 Å². The van der Waals surface area contributed by atoms with Crippen molar-refractivity contribution in [1.82, 2.24) is 0 Å². The molecule has 1 heterocycles. The molecule has 2 aliphatic carbocycles. The fourth-order valence-corrected chi connectivity index (χ4v) is 4.12. The lowest BCUT2D eigenvalue weighted by Gasteiger charge is -2.14. The van der Waals surface area contributed by atoms with Crippen molar-refractivity contribution in [3.63, 3.8) is 0 Å². The van der Waals surface area contributed by atoms with Crippen molar-refractivity contribution in [2.45, 2.75) is 31.1 Å². The smallest absolute Gasteiger partial charge is 0.0345 e. The van der Waals surface area contributed by atoms with Crippen molar-refractivity contribution < 1.29 is 0 Å². The van der Waals surface area contributed by atoms with Crippen LogP contribution in [0.3, 0.4) is 0 Å². The van der Waals surface area contributed by atoms with Gasteiger partial charge in [-0.05, 0) is 71.2 Å². The van der Waals surface area contributed by atoms with Crippen LogP contribution < -0.4 is 0 Å². The van der Waals surface area contributed by atoms with E-state index < -0.39 is 0 Å². The van der Waals surface area contributed by atoms with E-state index >= 15 is 0 Å². The lowest BCUT2D eigenvalue weighted by Crippen LogP contribution is -1.96. The van der Waals surface area contributed by atoms with E-state index in [1.807, 2.05) is 11.3 Å². The van der Waals surface area contributed by atoms with Crippen molar-refractivity contribution in [3.8, 4) is 0 Å². The molecular weight excluding hydrogens is 188 g/mol. The number of benzene rings is 1. The predicted molar refractivity (Wildman–Crippen MR) is 61.2 cm³/mol. The predicted octanol–water partition coefficient (Wildman–Crippen LogP) is 4.27. The van der Waals surface area contributed by atoms with E-state index in [0.29, 0.717) is 0 Å². The van der Waals surface area contributed by atoms with Gasteiger partial charge in [-0.15, -0.1) is 11.3 Å². The molecule has 0 saturated heterocycles. The molecule has 1 fully saturated rings. The summed E-state index contributed by atoms with van der Waals surface area (Å²) in [4.78, 5) is 0. The van der Waals surface area contributed by atoms with Crippen LogP contribution in [0.4, 0.5) is 0 Å². The first-order chi connectivity index (χ1) is 6.92. The molecular formula is C13H12S. The summed E-state index contributed by atoms with van der Waals surface area (Å²) in [5.41, 5.74) is 3.35. The Balaban J connectivity index is 2.08. The second-order valence-corrected chi connectivity index (χ2v) is 5.59. The van der Waals surface area contributed by atoms with Crippen molar-refractivity contribution in [3.05, 3.63) is 34.7 Å². The lowest BCUT2D eigenvalue weighted by atomic mass is 9.91. The fourth-order valence-electron chi connectivity index (χ4n) is 3.30. The molecule has 2 aliphatic rings. The third-order valence-electron chi connectivity index (χ3n) is 3.97. The molecule has 2 bridgehead atoms. The third kappa shape index (κ3) is 0.795. The Morgan fingerprint density at radius 1 is 1.07 bits per heavy atom. The van der Waals surface area contributed by atoms with Crippen LogP contribution in [0.5, 0.6) is 0 Å². The summed E-state index contributed by atoms with van der Waals surface area (Å²) in [6.45, 7) is 0. The zero-order valence-electron chi connectivity index (χ0n) is 7.99. The van der Waals surface area contributed by atoms with Crippen LogP contribution in [-0.4, -0.2) is 0 Å². The maximum Gasteiger partial charge on any atom is 0.0345 e. The highest BCUT2D eigenvalue weighted by Gasteiger charge is 2.36. The third-order valence-corrected chi connectivity index (χ3v) is 4.85. The molecule has 0 amide bonds. The topological polar surface area (TPSA) is 0 Å². The van der Waals surface area contributed by atoms with E-state index in [-0.39, 0.29) is 0 Å². The van der Waals surface area contributed by atoms with E-state index in [4.69, 9.17) is 0 Å². The Kier molecular flexibility index (Phi) is 1.28. The maximum atomic E-state index is 2.46. The first kappa shape index (κ1) is 7.47. The quantitative estimate of drug-likeness (QED) is 0.596. The average molecular weight is 200 g/mol. The molecule has 0 aliphatic heterocycles. The van der Waals surface area contributed by atoms with Crippen LogP contribution in [0.15, 0.2) is 23.6 Å². The van der Waals surface area contributed by atoms with Gasteiger partial charge in [-0.25, -0.2) is 0 Å². The SMILES string of the molecule is c1cc2cc3c(cc2s1)C1CCC3C1. The molecule has 1 heteroatoms. The summed E-state index contributed by atoms with van der Waals surface area (Å²) < 4.78 is 1.48. The van der Waals surface area contributed by atoms with Gasteiger partial charge < -0.3 is 0 Å². The summed E-state index contributed by atoms with van der Waals surface area (Å²) in [7, 11) is 0. The number of thiophene rings is 1. The summed E-state index contributed by atoms with van der Waals surface area (Å²) in [6, 6.07) is 7.16. The Morgan fingerprint density at radius 2 is 1.86 bits per heavy atom. The molecule has 0 N–H and O–H groups in total. The van der Waals surface area contributed by atoms with Gasteiger partial charge in [0.1, 0.15) is 0 Å². The maximum absolute atomic E-state index is 2.46. The van der Waals surface area contributed by atoms with Crippen LogP contribution in [0.2, 0.25) is 0 Å². The van der Waals surface area contributed by atoms with E-state index in [9.17, 15) is 0 Å². The first-order valence-corrected chi connectivity index (χ1v) is 6.31. The van der Waals surface area contributed by atoms with Gasteiger partial charge in [0.15, 0.2) is 0 Å². The van der Waals surface area contributed by atoms with Gasteiger partial charge in [0.2, 0.25) is 0 Å². The summed E-state index contributed by atoms with van der Waals surface area (Å²) >= 11 is 1.88. The van der Waals surface area contributed by atoms with Gasteiger partial charge in [0.05, 0.1) is 0 Å². The molecule has 2 unspecified atom stereocenters. The first-order valence-electron chi connectivity index (χ1n) is 5.43. The molecule has 0 radical (unpaired) electrons. The highest BCUT2D eigenvalue weighted by Crippen LogP contribution is 2.54. The van der Waals surface area contributed by atoms with Crippen molar-refractivity contribution in [2.75, 3.05) is 0 Å². The standard InChI is InChI=1S/C13H12S/c1-2-9-5-8(1)11-6-10-3-4-14-13(10)7-12(9)11/h3-4,6-9H,1-2,5H2. The molecule has 1 saturated carbocycles. The molecule has 2 atom stereocenters. The molecule has 2 aromatic rings. The van der Waals surface area contributed by atoms with Crippen LogP contribution in [-0.2, 0) is 0 Å². The number of rotatable bonds is 0. The molecule has 14 heavy (non-hydrogen) atoms. The molecule has 4 rings (SSSR count). The Bertz CT molecular complexity index is 465. The summed E-state index contributed by atoms with van der Waals surface area (Å²) in [5.74, 6) is 1.81. The van der Waals surface area contributed by atoms with E-state index in [2.05, 4.69) is 23.6 Å². The minimum atomic E-state index is 0.902. The molecule has 1 aromatic carbocycles. The zero-order valence-corrected chi connectivity index (χ0v) is 8.81. The van der Waals surface area contributed by atoms with E-state index in [1.165, 1.54) is 29.3 Å². The van der Waals surface area contributed by atoms with Crippen molar-refractivity contribution in [1.29, 1.82) is 0 Å². The number of hydrogen-bond donors (Lipinski definition) is 0. The Hall–Kier alpha value is -0.820. The second kappa shape index (κ2) is 2.40. The Labute approximate surface area is 87.6 Å². The summed E-state index contributed by atoms with van der Waals surface area (Å²) in [6.07, 6.45) is 4.31. The highest BCUT2D eigenvalue weighted by molar-refractivity contribution is 7.17. The number of hydrogen-bond acceptors (Lipinski definition) is 1. The zero-order chi connectivity index (χ0) is 9.12. The fraction of sp³-hybridized carbons (Fsp3) is 0.385. The largest absolute Gasteiger partial charge is 0.144 e. The summed E-state index contributed by atoms with van der Waals surface area (Å²) in [5, 5.41) is 3.67. The molecule has 1 aromatic heterocycles. The minimum absolute atomic E-state index is 0.902. The van der Waals surface area contributed by atoms with Crippen LogP contribution in [0.1, 0.15) is 42.2 Å². The van der Waals surface area contributed by atoms with Gasteiger partial charge in [0.25, 0.3) is 0 Å². The second-order valence-electron chi connectivity index (χ2n) is 4.65. The molecule has 70 valence electrons. The minimum Gasteiger partial charge on any atom is -0.144 e. The van der Waals surface area contributed by atoms with Crippen LogP contribution in [0.25, 0.3) is 10.1 Å². The van der Waals surface area contributed by atoms with Gasteiger partial charge in [0, 0.05) is 4.70 Å². The normalized spacial score (nSPS) is 28.6. The molecule has 0 nitrogen and oxygen atoms in total. The van der Waals surface area contributed by atoms with Gasteiger partial charge >= 0.3 is 0 Å². The average Bonchev–Trinajstić information content (AvgIpc) is 2.90. The van der Waals surface area contributed by atoms with Crippen LogP contribution in [0, 0.1) is 0 Å². The van der Waals surface area contributed by atoms with Crippen molar-refractivity contribution in [2.24, 2.45) is 0 Å². The molecule has 0 spiro atoms. The van der Waals surface area contributed by atoms with Gasteiger partial charge in [-0.3, -0.25) is 0 Å². The van der Waals surface area contributed by atoms with Crippen molar-refractivity contribution >= 4 is 21.4 Å². The lowest BCUT2D eigenvalue weighted by molar-refractivity contribution is 0.719. The van der Waals surface area contributed by atoms with Crippen LogP contribution >= 0.6 is 11.3 Å². The van der Waals surface area contributed by atoms with E-state index in [0.717, 1.165) is 11.8 Å². The number of fused-ring (bicyclic) bond motifs is 6. The Morgan fingerprint density at radius 3 is 2.71 bits per heavy atom. The monoisotopic (exact) mass is 200 g/mol. The highest BCUT2D eigenvalue weighted by atomic mass is 32.1. The van der Waals surface area contributed by atoms with Gasteiger partial charge in [-0.2, -0.15) is 0 Å².